The number of oxime groups is 1. The minimum absolute atomic E-state index is 0.189. The van der Waals surface area contributed by atoms with Crippen LogP contribution in [0.2, 0.25) is 0 Å². The predicted molar refractivity (Wildman–Crippen MR) is 62.8 cm³/mol. The first-order valence-electron chi connectivity index (χ1n) is 5.76. The Bertz CT molecular complexity index is 254. The van der Waals surface area contributed by atoms with E-state index in [9.17, 15) is 4.79 Å². The molecule has 5 nitrogen and oxygen atoms in total. The smallest absolute Gasteiger partial charge is 0.222 e. The van der Waals surface area contributed by atoms with Gasteiger partial charge in [-0.1, -0.05) is 5.16 Å². The molecule has 1 aliphatic rings. The minimum atomic E-state index is 0.189. The molecule has 1 rings (SSSR count). The highest BCUT2D eigenvalue weighted by Gasteiger charge is 2.15. The van der Waals surface area contributed by atoms with Crippen molar-refractivity contribution in [1.82, 2.24) is 9.80 Å². The molecule has 1 amide bonds. The zero-order valence-electron chi connectivity index (χ0n) is 10.1. The molecule has 1 saturated heterocycles. The molecule has 0 saturated carbocycles. The van der Waals surface area contributed by atoms with E-state index in [1.54, 1.807) is 19.0 Å². The maximum atomic E-state index is 11.3. The number of nitrogens with zero attached hydrogens (tertiary/aromatic N) is 3. The van der Waals surface area contributed by atoms with Gasteiger partial charge in [-0.2, -0.15) is 0 Å². The standard InChI is InChI=1S/C11H21N3O2/c1-13(2)11(15)4-3-7-14-8-5-10(12-16)6-9-14/h16H,3-9H2,1-2H3. The third kappa shape index (κ3) is 4.18. The minimum Gasteiger partial charge on any atom is -0.411 e. The molecule has 0 unspecified atom stereocenters. The first-order valence-corrected chi connectivity index (χ1v) is 5.76. The predicted octanol–water partition coefficient (Wildman–Crippen LogP) is 0.781. The molecule has 1 fully saturated rings. The summed E-state index contributed by atoms with van der Waals surface area (Å²) in [6, 6.07) is 0. The van der Waals surface area contributed by atoms with Gasteiger partial charge in [0.1, 0.15) is 0 Å². The van der Waals surface area contributed by atoms with Crippen molar-refractivity contribution in [3.05, 3.63) is 0 Å². The zero-order valence-corrected chi connectivity index (χ0v) is 10.1. The summed E-state index contributed by atoms with van der Waals surface area (Å²) in [4.78, 5) is 15.3. The molecule has 1 aliphatic heterocycles. The van der Waals surface area contributed by atoms with Gasteiger partial charge in [-0.25, -0.2) is 0 Å². The van der Waals surface area contributed by atoms with Gasteiger partial charge in [-0.3, -0.25) is 4.79 Å². The Kier molecular flexibility index (Phi) is 5.25. The fourth-order valence-corrected chi connectivity index (χ4v) is 1.81. The second kappa shape index (κ2) is 6.48. The van der Waals surface area contributed by atoms with Crippen LogP contribution in [0.5, 0.6) is 0 Å². The van der Waals surface area contributed by atoms with E-state index in [-0.39, 0.29) is 5.91 Å². The van der Waals surface area contributed by atoms with Crippen molar-refractivity contribution in [1.29, 1.82) is 0 Å². The van der Waals surface area contributed by atoms with E-state index in [1.807, 2.05) is 0 Å². The summed E-state index contributed by atoms with van der Waals surface area (Å²) in [5.41, 5.74) is 0.889. The van der Waals surface area contributed by atoms with Crippen LogP contribution in [0.4, 0.5) is 0 Å². The van der Waals surface area contributed by atoms with E-state index in [0.29, 0.717) is 6.42 Å². The van der Waals surface area contributed by atoms with E-state index in [1.165, 1.54) is 0 Å². The molecular weight excluding hydrogens is 206 g/mol. The fourth-order valence-electron chi connectivity index (χ4n) is 1.81. The van der Waals surface area contributed by atoms with E-state index in [0.717, 1.165) is 44.6 Å². The lowest BCUT2D eigenvalue weighted by Gasteiger charge is -2.26. The Morgan fingerprint density at radius 3 is 2.56 bits per heavy atom. The molecule has 92 valence electrons. The quantitative estimate of drug-likeness (QED) is 0.570. The lowest BCUT2D eigenvalue weighted by atomic mass is 10.1. The van der Waals surface area contributed by atoms with Crippen LogP contribution in [-0.2, 0) is 4.79 Å². The van der Waals surface area contributed by atoms with Gasteiger partial charge in [0.15, 0.2) is 0 Å². The third-order valence-electron chi connectivity index (χ3n) is 2.94. The average Bonchev–Trinajstić information content (AvgIpc) is 2.29. The molecule has 5 heteroatoms. The van der Waals surface area contributed by atoms with Gasteiger partial charge in [0, 0.05) is 46.4 Å². The van der Waals surface area contributed by atoms with Gasteiger partial charge in [0.05, 0.1) is 5.71 Å². The molecule has 1 N–H and O–H groups in total. The van der Waals surface area contributed by atoms with Crippen molar-refractivity contribution < 1.29 is 10.0 Å². The third-order valence-corrected chi connectivity index (χ3v) is 2.94. The molecule has 0 aromatic rings. The van der Waals surface area contributed by atoms with Gasteiger partial charge < -0.3 is 15.0 Å². The highest BCUT2D eigenvalue weighted by Crippen LogP contribution is 2.08. The summed E-state index contributed by atoms with van der Waals surface area (Å²) < 4.78 is 0. The van der Waals surface area contributed by atoms with Crippen molar-refractivity contribution in [2.24, 2.45) is 5.16 Å². The molecule has 1 heterocycles. The monoisotopic (exact) mass is 227 g/mol. The van der Waals surface area contributed by atoms with Crippen LogP contribution in [0, 0.1) is 0 Å². The van der Waals surface area contributed by atoms with Gasteiger partial charge in [-0.05, 0) is 13.0 Å². The van der Waals surface area contributed by atoms with Crippen LogP contribution in [0.15, 0.2) is 5.16 Å². The Balaban J connectivity index is 2.13. The maximum Gasteiger partial charge on any atom is 0.222 e. The van der Waals surface area contributed by atoms with Crippen molar-refractivity contribution >= 4 is 11.6 Å². The van der Waals surface area contributed by atoms with Crippen LogP contribution < -0.4 is 0 Å². The second-order valence-electron chi connectivity index (χ2n) is 4.40. The van der Waals surface area contributed by atoms with Gasteiger partial charge in [0.25, 0.3) is 0 Å². The topological polar surface area (TPSA) is 56.1 Å². The zero-order chi connectivity index (χ0) is 12.0. The number of hydrogen-bond donors (Lipinski definition) is 1. The van der Waals surface area contributed by atoms with Crippen LogP contribution in [-0.4, -0.2) is 60.4 Å². The summed E-state index contributed by atoms with van der Waals surface area (Å²) in [6.07, 6.45) is 3.21. The van der Waals surface area contributed by atoms with Crippen LogP contribution in [0.3, 0.4) is 0 Å². The van der Waals surface area contributed by atoms with Crippen molar-refractivity contribution in [2.75, 3.05) is 33.7 Å². The lowest BCUT2D eigenvalue weighted by Crippen LogP contribution is -2.35. The summed E-state index contributed by atoms with van der Waals surface area (Å²) in [7, 11) is 3.57. The molecule has 0 radical (unpaired) electrons. The van der Waals surface area contributed by atoms with Crippen LogP contribution in [0.1, 0.15) is 25.7 Å². The number of carbonyl (C=O) groups is 1. The summed E-state index contributed by atoms with van der Waals surface area (Å²) in [5, 5.41) is 11.8. The fraction of sp³-hybridized carbons (Fsp3) is 0.818. The maximum absolute atomic E-state index is 11.3. The van der Waals surface area contributed by atoms with Crippen molar-refractivity contribution in [2.45, 2.75) is 25.7 Å². The SMILES string of the molecule is CN(C)C(=O)CCCN1CCC(=NO)CC1. The van der Waals surface area contributed by atoms with E-state index in [4.69, 9.17) is 5.21 Å². The normalized spacial score (nSPS) is 17.2. The molecule has 0 atom stereocenters. The summed E-state index contributed by atoms with van der Waals surface area (Å²) in [6.45, 7) is 2.84. The number of hydrogen-bond acceptors (Lipinski definition) is 4. The average molecular weight is 227 g/mol. The van der Waals surface area contributed by atoms with Crippen LogP contribution in [0.25, 0.3) is 0 Å². The Labute approximate surface area is 96.7 Å². The molecule has 16 heavy (non-hydrogen) atoms. The Morgan fingerprint density at radius 1 is 1.44 bits per heavy atom. The Morgan fingerprint density at radius 2 is 2.06 bits per heavy atom. The van der Waals surface area contributed by atoms with Crippen LogP contribution >= 0.6 is 0 Å². The number of likely N-dealkylation sites (tertiary alicyclic amines) is 1. The number of piperidine rings is 1. The summed E-state index contributed by atoms with van der Waals surface area (Å²) >= 11 is 0. The van der Waals surface area contributed by atoms with Gasteiger partial charge >= 0.3 is 0 Å². The Hall–Kier alpha value is -1.10. The van der Waals surface area contributed by atoms with Crippen molar-refractivity contribution in [3.63, 3.8) is 0 Å². The number of rotatable bonds is 4. The highest BCUT2D eigenvalue weighted by atomic mass is 16.4. The van der Waals surface area contributed by atoms with Gasteiger partial charge in [-0.15, -0.1) is 0 Å². The molecule has 0 spiro atoms. The van der Waals surface area contributed by atoms with E-state index in [2.05, 4.69) is 10.1 Å². The van der Waals surface area contributed by atoms with E-state index >= 15 is 0 Å². The second-order valence-corrected chi connectivity index (χ2v) is 4.40. The summed E-state index contributed by atoms with van der Waals surface area (Å²) in [5.74, 6) is 0.189. The number of carbonyl (C=O) groups excluding carboxylic acids is 1. The largest absolute Gasteiger partial charge is 0.411 e. The van der Waals surface area contributed by atoms with E-state index < -0.39 is 0 Å². The van der Waals surface area contributed by atoms with Gasteiger partial charge in [0.2, 0.25) is 5.91 Å². The highest BCUT2D eigenvalue weighted by molar-refractivity contribution is 5.84. The van der Waals surface area contributed by atoms with Crippen molar-refractivity contribution in [3.8, 4) is 0 Å². The molecule has 0 aromatic carbocycles. The number of amides is 1. The first kappa shape index (κ1) is 13.0. The molecular formula is C11H21N3O2. The molecule has 0 bridgehead atoms. The lowest BCUT2D eigenvalue weighted by molar-refractivity contribution is -0.128. The first-order chi connectivity index (χ1) is 7.63. The molecule has 0 aromatic heterocycles. The molecule has 0 aliphatic carbocycles.